The fourth-order valence-electron chi connectivity index (χ4n) is 1.67. The van der Waals surface area contributed by atoms with E-state index < -0.39 is 0 Å². The molecule has 0 aromatic heterocycles. The molecule has 1 rings (SSSR count). The van der Waals surface area contributed by atoms with Gasteiger partial charge in [-0.05, 0) is 31.3 Å². The van der Waals surface area contributed by atoms with Gasteiger partial charge < -0.3 is 0 Å². The molecule has 0 nitrogen and oxygen atoms in total. The third-order valence-corrected chi connectivity index (χ3v) is 2.20. The minimum Gasteiger partial charge on any atom is -0.0991 e. The van der Waals surface area contributed by atoms with Gasteiger partial charge in [-0.3, -0.25) is 0 Å². The van der Waals surface area contributed by atoms with E-state index in [1.807, 2.05) is 12.2 Å². The van der Waals surface area contributed by atoms with Crippen molar-refractivity contribution < 1.29 is 0 Å². The second-order valence-corrected chi connectivity index (χ2v) is 3.41. The standard InChI is InChI=1S/C11H16/c1-4-5-6-11-8-9(2)7-10(11)3/h4-6,9H,1,7-8H2,2-3H3. The highest BCUT2D eigenvalue weighted by atomic mass is 14.2. The van der Waals surface area contributed by atoms with Crippen molar-refractivity contribution in [3.8, 4) is 0 Å². The lowest BCUT2D eigenvalue weighted by atomic mass is 10.1. The van der Waals surface area contributed by atoms with Crippen molar-refractivity contribution >= 4 is 0 Å². The van der Waals surface area contributed by atoms with Gasteiger partial charge in [-0.1, -0.05) is 37.3 Å². The van der Waals surface area contributed by atoms with Crippen LogP contribution in [-0.2, 0) is 0 Å². The first kappa shape index (κ1) is 8.32. The lowest BCUT2D eigenvalue weighted by molar-refractivity contribution is 0.623. The van der Waals surface area contributed by atoms with Crippen LogP contribution in [0.5, 0.6) is 0 Å². The van der Waals surface area contributed by atoms with E-state index in [0.29, 0.717) is 0 Å². The van der Waals surface area contributed by atoms with Gasteiger partial charge in [0.15, 0.2) is 0 Å². The molecule has 0 heterocycles. The van der Waals surface area contributed by atoms with E-state index in [9.17, 15) is 0 Å². The van der Waals surface area contributed by atoms with Crippen LogP contribution in [-0.4, -0.2) is 0 Å². The van der Waals surface area contributed by atoms with Crippen LogP contribution in [0, 0.1) is 5.92 Å². The zero-order valence-electron chi connectivity index (χ0n) is 7.43. The molecule has 0 saturated carbocycles. The lowest BCUT2D eigenvalue weighted by Gasteiger charge is -1.96. The molecule has 0 fully saturated rings. The zero-order valence-corrected chi connectivity index (χ0v) is 7.43. The first-order valence-corrected chi connectivity index (χ1v) is 4.21. The predicted octanol–water partition coefficient (Wildman–Crippen LogP) is 3.48. The maximum absolute atomic E-state index is 3.66. The quantitative estimate of drug-likeness (QED) is 0.526. The predicted molar refractivity (Wildman–Crippen MR) is 50.4 cm³/mol. The normalized spacial score (nSPS) is 25.1. The first-order chi connectivity index (χ1) is 5.24. The van der Waals surface area contributed by atoms with Crippen molar-refractivity contribution in [2.24, 2.45) is 5.92 Å². The van der Waals surface area contributed by atoms with Crippen molar-refractivity contribution in [3.63, 3.8) is 0 Å². The number of hydrogen-bond donors (Lipinski definition) is 0. The topological polar surface area (TPSA) is 0 Å². The summed E-state index contributed by atoms with van der Waals surface area (Å²) in [5, 5.41) is 0. The highest BCUT2D eigenvalue weighted by Crippen LogP contribution is 2.31. The van der Waals surface area contributed by atoms with E-state index in [0.717, 1.165) is 5.92 Å². The summed E-state index contributed by atoms with van der Waals surface area (Å²) in [5.41, 5.74) is 3.06. The maximum Gasteiger partial charge on any atom is -0.0251 e. The molecule has 1 aliphatic rings. The van der Waals surface area contributed by atoms with Crippen LogP contribution in [0.1, 0.15) is 26.7 Å². The molecule has 1 atom stereocenters. The smallest absolute Gasteiger partial charge is 0.0251 e. The van der Waals surface area contributed by atoms with Crippen LogP contribution in [0.15, 0.2) is 36.0 Å². The molecule has 1 aliphatic carbocycles. The minimum absolute atomic E-state index is 0.847. The Labute approximate surface area is 69.3 Å². The monoisotopic (exact) mass is 148 g/mol. The van der Waals surface area contributed by atoms with E-state index in [1.165, 1.54) is 18.4 Å². The Morgan fingerprint density at radius 2 is 2.18 bits per heavy atom. The number of hydrogen-bond acceptors (Lipinski definition) is 0. The molecule has 0 heteroatoms. The van der Waals surface area contributed by atoms with Gasteiger partial charge in [0.05, 0.1) is 0 Å². The summed E-state index contributed by atoms with van der Waals surface area (Å²) < 4.78 is 0. The molecule has 0 radical (unpaired) electrons. The van der Waals surface area contributed by atoms with Gasteiger partial charge in [0.2, 0.25) is 0 Å². The maximum atomic E-state index is 3.66. The summed E-state index contributed by atoms with van der Waals surface area (Å²) >= 11 is 0. The molecule has 1 unspecified atom stereocenters. The van der Waals surface area contributed by atoms with Crippen molar-refractivity contribution in [1.29, 1.82) is 0 Å². The zero-order chi connectivity index (χ0) is 8.27. The molecule has 0 amide bonds. The van der Waals surface area contributed by atoms with Crippen molar-refractivity contribution in [2.75, 3.05) is 0 Å². The minimum atomic E-state index is 0.847. The Morgan fingerprint density at radius 3 is 2.64 bits per heavy atom. The molecule has 0 aromatic carbocycles. The van der Waals surface area contributed by atoms with Gasteiger partial charge in [0.1, 0.15) is 0 Å². The molecule has 0 saturated heterocycles. The van der Waals surface area contributed by atoms with E-state index in [2.05, 4.69) is 26.5 Å². The largest absolute Gasteiger partial charge is 0.0991 e. The fourth-order valence-corrected chi connectivity index (χ4v) is 1.67. The van der Waals surface area contributed by atoms with Gasteiger partial charge in [-0.25, -0.2) is 0 Å². The van der Waals surface area contributed by atoms with Gasteiger partial charge in [-0.2, -0.15) is 0 Å². The van der Waals surface area contributed by atoms with Gasteiger partial charge >= 0.3 is 0 Å². The molecular formula is C11H16. The summed E-state index contributed by atoms with van der Waals surface area (Å²) in [7, 11) is 0. The molecule has 0 aromatic rings. The Kier molecular flexibility index (Phi) is 2.70. The second-order valence-electron chi connectivity index (χ2n) is 3.41. The van der Waals surface area contributed by atoms with Gasteiger partial charge in [0.25, 0.3) is 0 Å². The fraction of sp³-hybridized carbons (Fsp3) is 0.455. The highest BCUT2D eigenvalue weighted by Gasteiger charge is 2.14. The van der Waals surface area contributed by atoms with E-state index in [4.69, 9.17) is 0 Å². The van der Waals surface area contributed by atoms with E-state index in [-0.39, 0.29) is 0 Å². The summed E-state index contributed by atoms with van der Waals surface area (Å²) in [6, 6.07) is 0. The molecular weight excluding hydrogens is 132 g/mol. The Hall–Kier alpha value is -0.780. The molecule has 0 spiro atoms. The third kappa shape index (κ3) is 2.07. The Morgan fingerprint density at radius 1 is 1.45 bits per heavy atom. The summed E-state index contributed by atoms with van der Waals surface area (Å²) in [5.74, 6) is 0.847. The summed E-state index contributed by atoms with van der Waals surface area (Å²) in [6.45, 7) is 8.19. The van der Waals surface area contributed by atoms with Crippen molar-refractivity contribution in [1.82, 2.24) is 0 Å². The summed E-state index contributed by atoms with van der Waals surface area (Å²) in [6.07, 6.45) is 8.57. The Balaban J connectivity index is 2.64. The van der Waals surface area contributed by atoms with Crippen LogP contribution < -0.4 is 0 Å². The highest BCUT2D eigenvalue weighted by molar-refractivity contribution is 5.30. The molecule has 0 aliphatic heterocycles. The van der Waals surface area contributed by atoms with Crippen LogP contribution in [0.2, 0.25) is 0 Å². The SMILES string of the molecule is C=CC=CC1=C(C)CC(C)C1. The Bertz CT molecular complexity index is 206. The van der Waals surface area contributed by atoms with Crippen LogP contribution in [0.3, 0.4) is 0 Å². The van der Waals surface area contributed by atoms with E-state index >= 15 is 0 Å². The van der Waals surface area contributed by atoms with Crippen LogP contribution in [0.4, 0.5) is 0 Å². The van der Waals surface area contributed by atoms with E-state index in [1.54, 1.807) is 5.57 Å². The molecule has 60 valence electrons. The molecule has 0 bridgehead atoms. The number of rotatable bonds is 2. The van der Waals surface area contributed by atoms with Gasteiger partial charge in [-0.15, -0.1) is 0 Å². The number of allylic oxidation sites excluding steroid dienone is 5. The average Bonchev–Trinajstić information content (AvgIpc) is 2.26. The average molecular weight is 148 g/mol. The van der Waals surface area contributed by atoms with Gasteiger partial charge in [0, 0.05) is 0 Å². The first-order valence-electron chi connectivity index (χ1n) is 4.21. The molecule has 0 N–H and O–H groups in total. The van der Waals surface area contributed by atoms with Crippen LogP contribution in [0.25, 0.3) is 0 Å². The van der Waals surface area contributed by atoms with Crippen molar-refractivity contribution in [2.45, 2.75) is 26.7 Å². The third-order valence-electron chi connectivity index (χ3n) is 2.20. The van der Waals surface area contributed by atoms with Crippen molar-refractivity contribution in [3.05, 3.63) is 36.0 Å². The summed E-state index contributed by atoms with van der Waals surface area (Å²) in [4.78, 5) is 0. The molecule has 11 heavy (non-hydrogen) atoms. The second kappa shape index (κ2) is 3.56. The lowest BCUT2D eigenvalue weighted by Crippen LogP contribution is -1.83. The van der Waals surface area contributed by atoms with Crippen LogP contribution >= 0.6 is 0 Å².